The number of amides is 1. The third-order valence-corrected chi connectivity index (χ3v) is 6.09. The quantitative estimate of drug-likeness (QED) is 0.618. The fourth-order valence-corrected chi connectivity index (χ4v) is 4.40. The second-order valence-corrected chi connectivity index (χ2v) is 8.37. The molecule has 1 aliphatic heterocycles. The van der Waals surface area contributed by atoms with Crippen LogP contribution >= 0.6 is 0 Å². The Bertz CT molecular complexity index is 762. The molecule has 0 bridgehead atoms. The van der Waals surface area contributed by atoms with Gasteiger partial charge in [-0.05, 0) is 62.1 Å². The van der Waals surface area contributed by atoms with E-state index < -0.39 is 11.9 Å². The predicted molar refractivity (Wildman–Crippen MR) is 110 cm³/mol. The molecule has 1 aromatic carbocycles. The van der Waals surface area contributed by atoms with Gasteiger partial charge < -0.3 is 19.5 Å². The number of piperidine rings is 1. The molecule has 0 aromatic heterocycles. The summed E-state index contributed by atoms with van der Waals surface area (Å²) in [5, 5.41) is 8.70. The molecule has 2 fully saturated rings. The van der Waals surface area contributed by atoms with Crippen molar-refractivity contribution in [1.29, 1.82) is 0 Å². The number of halogens is 1. The maximum Gasteiger partial charge on any atom is 0.410 e. The highest BCUT2D eigenvalue weighted by atomic mass is 19.1. The highest BCUT2D eigenvalue weighted by Gasteiger charge is 2.35. The molecule has 0 unspecified atom stereocenters. The van der Waals surface area contributed by atoms with E-state index in [0.29, 0.717) is 19.5 Å². The number of ether oxygens (including phenoxy) is 2. The smallest absolute Gasteiger partial charge is 0.410 e. The van der Waals surface area contributed by atoms with E-state index in [1.54, 1.807) is 17.0 Å². The Kier molecular flexibility index (Phi) is 8.26. The Morgan fingerprint density at radius 1 is 1.06 bits per heavy atom. The lowest BCUT2D eigenvalue weighted by atomic mass is 9.81. The topological polar surface area (TPSA) is 93.1 Å². The van der Waals surface area contributed by atoms with Gasteiger partial charge in [0.25, 0.3) is 0 Å². The van der Waals surface area contributed by atoms with Crippen molar-refractivity contribution in [3.8, 4) is 0 Å². The van der Waals surface area contributed by atoms with Crippen LogP contribution in [0.4, 0.5) is 9.18 Å². The average molecular weight is 435 g/mol. The highest BCUT2D eigenvalue weighted by Crippen LogP contribution is 2.34. The number of rotatable bonds is 8. The SMILES string of the molecule is O=C(O)CCCC(=O)OC[C@H]1CN(C(=O)OC2CCCC2)CC[C@@H]1c1ccc(F)cc1. The maximum atomic E-state index is 13.4. The van der Waals surface area contributed by atoms with E-state index in [2.05, 4.69) is 0 Å². The van der Waals surface area contributed by atoms with Gasteiger partial charge in [0.05, 0.1) is 6.61 Å². The summed E-state index contributed by atoms with van der Waals surface area (Å²) in [5.74, 6) is -1.86. The van der Waals surface area contributed by atoms with Crippen LogP contribution in [-0.4, -0.2) is 53.8 Å². The van der Waals surface area contributed by atoms with Gasteiger partial charge in [0.2, 0.25) is 0 Å². The summed E-state index contributed by atoms with van der Waals surface area (Å²) in [7, 11) is 0. The molecule has 0 radical (unpaired) electrons. The van der Waals surface area contributed by atoms with Crippen molar-refractivity contribution in [3.63, 3.8) is 0 Å². The molecule has 1 saturated heterocycles. The number of esters is 1. The predicted octanol–water partition coefficient (Wildman–Crippen LogP) is 4.11. The summed E-state index contributed by atoms with van der Waals surface area (Å²) in [5.41, 5.74) is 0.942. The van der Waals surface area contributed by atoms with E-state index in [1.165, 1.54) is 12.1 Å². The van der Waals surface area contributed by atoms with E-state index in [9.17, 15) is 18.8 Å². The van der Waals surface area contributed by atoms with Gasteiger partial charge in [-0.2, -0.15) is 0 Å². The second-order valence-electron chi connectivity index (χ2n) is 8.37. The van der Waals surface area contributed by atoms with Gasteiger partial charge in [-0.15, -0.1) is 0 Å². The first-order valence-corrected chi connectivity index (χ1v) is 11.0. The molecule has 1 saturated carbocycles. The van der Waals surface area contributed by atoms with Crippen LogP contribution in [0.15, 0.2) is 24.3 Å². The zero-order valence-electron chi connectivity index (χ0n) is 17.6. The van der Waals surface area contributed by atoms with Gasteiger partial charge in [0.1, 0.15) is 11.9 Å². The summed E-state index contributed by atoms with van der Waals surface area (Å²) in [6, 6.07) is 6.28. The van der Waals surface area contributed by atoms with E-state index in [1.807, 2.05) is 0 Å². The second kappa shape index (κ2) is 11.1. The molecule has 1 amide bonds. The lowest BCUT2D eigenvalue weighted by Gasteiger charge is -2.38. The van der Waals surface area contributed by atoms with Crippen molar-refractivity contribution in [2.75, 3.05) is 19.7 Å². The van der Waals surface area contributed by atoms with E-state index >= 15 is 0 Å². The number of carboxylic acids is 1. The summed E-state index contributed by atoms with van der Waals surface area (Å²) in [6.07, 6.45) is 4.42. The molecule has 2 atom stereocenters. The van der Waals surface area contributed by atoms with Gasteiger partial charge in [0, 0.05) is 31.8 Å². The third kappa shape index (κ3) is 6.94. The molecule has 170 valence electrons. The summed E-state index contributed by atoms with van der Waals surface area (Å²) in [4.78, 5) is 36.9. The van der Waals surface area contributed by atoms with Crippen LogP contribution in [0.2, 0.25) is 0 Å². The minimum absolute atomic E-state index is 0.0166. The monoisotopic (exact) mass is 435 g/mol. The first kappa shape index (κ1) is 23.0. The fraction of sp³-hybridized carbons (Fsp3) is 0.609. The van der Waals surface area contributed by atoms with E-state index in [4.69, 9.17) is 14.6 Å². The summed E-state index contributed by atoms with van der Waals surface area (Å²) in [6.45, 7) is 1.02. The Morgan fingerprint density at radius 2 is 1.77 bits per heavy atom. The number of benzene rings is 1. The molecule has 2 aliphatic rings. The van der Waals surface area contributed by atoms with Crippen molar-refractivity contribution >= 4 is 18.0 Å². The molecule has 1 aliphatic carbocycles. The van der Waals surface area contributed by atoms with Gasteiger partial charge in [0.15, 0.2) is 0 Å². The summed E-state index contributed by atoms with van der Waals surface area (Å²) >= 11 is 0. The number of hydrogen-bond donors (Lipinski definition) is 1. The molecule has 8 heteroatoms. The number of likely N-dealkylation sites (tertiary alicyclic amines) is 1. The van der Waals surface area contributed by atoms with Crippen LogP contribution in [-0.2, 0) is 19.1 Å². The van der Waals surface area contributed by atoms with Crippen LogP contribution in [0.3, 0.4) is 0 Å². The Labute approximate surface area is 181 Å². The van der Waals surface area contributed by atoms with Crippen molar-refractivity contribution in [2.45, 2.75) is 63.4 Å². The number of aliphatic carboxylic acids is 1. The van der Waals surface area contributed by atoms with Crippen LogP contribution < -0.4 is 0 Å². The minimum atomic E-state index is -0.951. The molecule has 31 heavy (non-hydrogen) atoms. The first-order chi connectivity index (χ1) is 14.9. The van der Waals surface area contributed by atoms with Crippen molar-refractivity contribution in [3.05, 3.63) is 35.6 Å². The van der Waals surface area contributed by atoms with Gasteiger partial charge in [-0.25, -0.2) is 9.18 Å². The molecule has 1 heterocycles. The average Bonchev–Trinajstić information content (AvgIpc) is 3.25. The molecular formula is C23H30FNO6. The molecular weight excluding hydrogens is 405 g/mol. The highest BCUT2D eigenvalue weighted by molar-refractivity contribution is 5.71. The number of nitrogens with zero attached hydrogens (tertiary/aromatic N) is 1. The first-order valence-electron chi connectivity index (χ1n) is 11.0. The van der Waals surface area contributed by atoms with Crippen LogP contribution in [0.1, 0.15) is 62.8 Å². The Hall–Kier alpha value is -2.64. The number of hydrogen-bond acceptors (Lipinski definition) is 5. The zero-order chi connectivity index (χ0) is 22.2. The van der Waals surface area contributed by atoms with Crippen molar-refractivity contribution < 1.29 is 33.4 Å². The summed E-state index contributed by atoms with van der Waals surface area (Å²) < 4.78 is 24.4. The Balaban J connectivity index is 1.61. The van der Waals surface area contributed by atoms with Gasteiger partial charge in [-0.1, -0.05) is 12.1 Å². The molecule has 7 nitrogen and oxygen atoms in total. The van der Waals surface area contributed by atoms with Crippen LogP contribution in [0.5, 0.6) is 0 Å². The number of carbonyl (C=O) groups is 3. The molecule has 1 aromatic rings. The molecule has 3 rings (SSSR count). The zero-order valence-corrected chi connectivity index (χ0v) is 17.6. The van der Waals surface area contributed by atoms with E-state index in [0.717, 1.165) is 31.2 Å². The van der Waals surface area contributed by atoms with E-state index in [-0.39, 0.29) is 55.7 Å². The minimum Gasteiger partial charge on any atom is -0.481 e. The third-order valence-electron chi connectivity index (χ3n) is 6.09. The standard InChI is InChI=1S/C23H30FNO6/c24-18-10-8-16(9-11-18)20-12-13-25(23(29)31-19-4-1-2-5-19)14-17(20)15-30-22(28)7-3-6-21(26)27/h8-11,17,19-20H,1-7,12-15H2,(H,26,27)/t17-,20-/m1/s1. The largest absolute Gasteiger partial charge is 0.481 e. The van der Waals surface area contributed by atoms with Crippen LogP contribution in [0, 0.1) is 11.7 Å². The van der Waals surface area contributed by atoms with Crippen LogP contribution in [0.25, 0.3) is 0 Å². The molecule has 1 N–H and O–H groups in total. The lowest BCUT2D eigenvalue weighted by Crippen LogP contribution is -2.45. The number of carbonyl (C=O) groups excluding carboxylic acids is 2. The molecule has 0 spiro atoms. The van der Waals surface area contributed by atoms with Crippen molar-refractivity contribution in [1.82, 2.24) is 4.90 Å². The Morgan fingerprint density at radius 3 is 2.45 bits per heavy atom. The maximum absolute atomic E-state index is 13.4. The van der Waals surface area contributed by atoms with Gasteiger partial charge in [-0.3, -0.25) is 9.59 Å². The lowest BCUT2D eigenvalue weighted by molar-refractivity contribution is -0.146. The normalized spacial score (nSPS) is 21.6. The number of carboxylic acid groups (broad SMARTS) is 1. The van der Waals surface area contributed by atoms with Crippen molar-refractivity contribution in [2.24, 2.45) is 5.92 Å². The fourth-order valence-electron chi connectivity index (χ4n) is 4.40. The van der Waals surface area contributed by atoms with Gasteiger partial charge >= 0.3 is 18.0 Å².